The van der Waals surface area contributed by atoms with Gasteiger partial charge >= 0.3 is 6.18 Å². The topological polar surface area (TPSA) is 57.4 Å². The first-order chi connectivity index (χ1) is 28.8. The summed E-state index contributed by atoms with van der Waals surface area (Å²) in [5, 5.41) is 25.8. The van der Waals surface area contributed by atoms with Crippen LogP contribution in [0.4, 0.5) is 13.2 Å². The minimum atomic E-state index is -4.71. The monoisotopic (exact) mass is 826 g/mol. The molecule has 7 heteroatoms. The summed E-state index contributed by atoms with van der Waals surface area (Å²) < 4.78 is 48.2. The van der Waals surface area contributed by atoms with E-state index in [0.29, 0.717) is 22.5 Å². The number of benzene rings is 6. The van der Waals surface area contributed by atoms with Gasteiger partial charge in [-0.3, -0.25) is 0 Å². The summed E-state index contributed by atoms with van der Waals surface area (Å²) in [6, 6.07) is 37.7. The van der Waals surface area contributed by atoms with Gasteiger partial charge in [-0.1, -0.05) is 138 Å². The molecule has 0 spiro atoms. The van der Waals surface area contributed by atoms with Crippen LogP contribution in [0.5, 0.6) is 0 Å². The van der Waals surface area contributed by atoms with Gasteiger partial charge in [0.25, 0.3) is 0 Å². The highest BCUT2D eigenvalue weighted by Crippen LogP contribution is 2.45. The van der Waals surface area contributed by atoms with Crippen LogP contribution in [-0.4, -0.2) is 9.13 Å². The zero-order valence-corrected chi connectivity index (χ0v) is 37.7. The van der Waals surface area contributed by atoms with Gasteiger partial charge in [0.15, 0.2) is 0 Å². The lowest BCUT2D eigenvalue weighted by Gasteiger charge is -2.23. The molecule has 0 saturated heterocycles. The number of hydrogen-bond donors (Lipinski definition) is 0. The quantitative estimate of drug-likeness (QED) is 0.178. The molecule has 314 valence electrons. The maximum Gasteiger partial charge on any atom is 0.416 e. The van der Waals surface area contributed by atoms with Crippen molar-refractivity contribution in [3.05, 3.63) is 142 Å². The van der Waals surface area contributed by atoms with Crippen LogP contribution in [0.1, 0.15) is 122 Å². The highest BCUT2D eigenvalue weighted by molar-refractivity contribution is 6.12. The number of nitrogens with zero attached hydrogens (tertiary/aromatic N) is 4. The second-order valence-corrected chi connectivity index (χ2v) is 21.0. The van der Waals surface area contributed by atoms with Crippen molar-refractivity contribution < 1.29 is 13.2 Å². The van der Waals surface area contributed by atoms with Gasteiger partial charge in [-0.05, 0) is 98.0 Å². The van der Waals surface area contributed by atoms with Crippen LogP contribution < -0.4 is 0 Å². The number of alkyl halides is 3. The Morgan fingerprint density at radius 1 is 0.419 bits per heavy atom. The van der Waals surface area contributed by atoms with Gasteiger partial charge in [-0.2, -0.15) is 23.7 Å². The van der Waals surface area contributed by atoms with Crippen molar-refractivity contribution in [3.8, 4) is 34.6 Å². The minimum absolute atomic E-state index is 0.123. The number of aromatic nitrogens is 2. The molecule has 0 saturated carbocycles. The average molecular weight is 827 g/mol. The summed E-state index contributed by atoms with van der Waals surface area (Å²) in [7, 11) is 0. The van der Waals surface area contributed by atoms with Crippen LogP contribution in [0, 0.1) is 22.7 Å². The molecular weight excluding hydrogens is 774 g/mol. The third kappa shape index (κ3) is 7.12. The molecule has 2 aromatic heterocycles. The van der Waals surface area contributed by atoms with Crippen molar-refractivity contribution in [1.29, 1.82) is 10.5 Å². The second kappa shape index (κ2) is 14.1. The molecule has 8 aromatic rings. The minimum Gasteiger partial charge on any atom is -0.308 e. The van der Waals surface area contributed by atoms with E-state index in [9.17, 15) is 23.7 Å². The molecule has 0 radical (unpaired) electrons. The molecule has 0 N–H and O–H groups in total. The summed E-state index contributed by atoms with van der Waals surface area (Å²) in [5.41, 5.74) is 7.92. The van der Waals surface area contributed by atoms with Crippen molar-refractivity contribution in [2.45, 2.75) is 111 Å². The smallest absolute Gasteiger partial charge is 0.308 e. The molecule has 0 amide bonds. The van der Waals surface area contributed by atoms with Gasteiger partial charge in [0.1, 0.15) is 11.6 Å². The summed E-state index contributed by atoms with van der Waals surface area (Å²) in [4.78, 5) is 0. The molecular formula is C55H53F3N4. The third-order valence-corrected chi connectivity index (χ3v) is 12.4. The van der Waals surface area contributed by atoms with E-state index in [1.807, 2.05) is 18.2 Å². The lowest BCUT2D eigenvalue weighted by atomic mass is 9.86. The first-order valence-corrected chi connectivity index (χ1v) is 21.2. The number of rotatable bonds is 3. The van der Waals surface area contributed by atoms with Crippen molar-refractivity contribution in [1.82, 2.24) is 9.13 Å². The fourth-order valence-electron chi connectivity index (χ4n) is 8.76. The zero-order valence-electron chi connectivity index (χ0n) is 37.7. The van der Waals surface area contributed by atoms with E-state index in [0.717, 1.165) is 78.0 Å². The van der Waals surface area contributed by atoms with Gasteiger partial charge < -0.3 is 9.13 Å². The number of halogens is 3. The van der Waals surface area contributed by atoms with Crippen LogP contribution in [0.15, 0.2) is 103 Å². The number of hydrogen-bond acceptors (Lipinski definition) is 2. The summed E-state index contributed by atoms with van der Waals surface area (Å²) in [6.45, 7) is 26.0. The molecule has 0 bridgehead atoms. The highest BCUT2D eigenvalue weighted by atomic mass is 19.4. The molecule has 4 nitrogen and oxygen atoms in total. The van der Waals surface area contributed by atoms with Gasteiger partial charge in [0.2, 0.25) is 0 Å². The first-order valence-electron chi connectivity index (χ1n) is 21.2. The molecule has 6 aromatic carbocycles. The fourth-order valence-corrected chi connectivity index (χ4v) is 8.76. The van der Waals surface area contributed by atoms with Gasteiger partial charge in [0.05, 0.1) is 50.6 Å². The zero-order chi connectivity index (χ0) is 45.1. The van der Waals surface area contributed by atoms with Crippen LogP contribution in [0.2, 0.25) is 0 Å². The Kier molecular flexibility index (Phi) is 9.65. The van der Waals surface area contributed by atoms with Crippen LogP contribution in [0.3, 0.4) is 0 Å². The van der Waals surface area contributed by atoms with Gasteiger partial charge in [-0.25, -0.2) is 0 Å². The van der Waals surface area contributed by atoms with E-state index >= 15 is 0 Å². The Morgan fingerprint density at radius 2 is 0.806 bits per heavy atom. The lowest BCUT2D eigenvalue weighted by Crippen LogP contribution is -2.13. The predicted molar refractivity (Wildman–Crippen MR) is 250 cm³/mol. The largest absolute Gasteiger partial charge is 0.416 e. The van der Waals surface area contributed by atoms with Crippen LogP contribution in [-0.2, 0) is 27.8 Å². The van der Waals surface area contributed by atoms with Crippen LogP contribution in [0.25, 0.3) is 66.1 Å². The molecule has 62 heavy (non-hydrogen) atoms. The summed E-state index contributed by atoms with van der Waals surface area (Å²) >= 11 is 0. The molecule has 2 heterocycles. The second-order valence-electron chi connectivity index (χ2n) is 21.0. The number of fused-ring (bicyclic) bond motifs is 6. The van der Waals surface area contributed by atoms with Gasteiger partial charge in [0, 0.05) is 27.1 Å². The molecule has 0 aliphatic rings. The van der Waals surface area contributed by atoms with Gasteiger partial charge in [-0.15, -0.1) is 0 Å². The molecule has 0 aliphatic carbocycles. The normalized spacial score (nSPS) is 13.0. The average Bonchev–Trinajstić information content (AvgIpc) is 3.69. The highest BCUT2D eigenvalue weighted by Gasteiger charge is 2.33. The van der Waals surface area contributed by atoms with E-state index in [-0.39, 0.29) is 32.8 Å². The van der Waals surface area contributed by atoms with Crippen molar-refractivity contribution >= 4 is 43.6 Å². The Hall–Kier alpha value is -6.31. The fraction of sp³-hybridized carbons (Fsp3) is 0.309. The van der Waals surface area contributed by atoms with E-state index in [4.69, 9.17) is 0 Å². The van der Waals surface area contributed by atoms with Crippen molar-refractivity contribution in [2.75, 3.05) is 0 Å². The summed E-state index contributed by atoms with van der Waals surface area (Å²) in [6.07, 6.45) is -4.71. The lowest BCUT2D eigenvalue weighted by molar-refractivity contribution is -0.137. The van der Waals surface area contributed by atoms with Crippen molar-refractivity contribution in [2.24, 2.45) is 0 Å². The maximum atomic E-state index is 14.7. The Balaban J connectivity index is 1.63. The van der Waals surface area contributed by atoms with E-state index in [1.54, 1.807) is 0 Å². The Bertz CT molecular complexity index is 3080. The maximum absolute atomic E-state index is 14.7. The first kappa shape index (κ1) is 42.4. The molecule has 0 atom stereocenters. The SMILES string of the molecule is CC(C)(C)c1ccc2c3ccc(C(C)(C)C)cc3n(-c3ccc(-c4cc(C#N)cc(C(F)(F)F)c4)c(-n4c5cc(C(C)(C)C)ccc5c5ccc(C(C)(C)C)cc54)c3C#N)c2c1. The van der Waals surface area contributed by atoms with E-state index in [2.05, 4.69) is 171 Å². The predicted octanol–water partition coefficient (Wildman–Crippen LogP) is 15.5. The number of nitriles is 2. The molecule has 8 rings (SSSR count). The Morgan fingerprint density at radius 3 is 1.15 bits per heavy atom. The van der Waals surface area contributed by atoms with Crippen LogP contribution >= 0.6 is 0 Å². The third-order valence-electron chi connectivity index (χ3n) is 12.4. The molecule has 0 fully saturated rings. The van der Waals surface area contributed by atoms with E-state index < -0.39 is 11.7 Å². The molecule has 0 aliphatic heterocycles. The molecule has 0 unspecified atom stereocenters. The van der Waals surface area contributed by atoms with Crippen molar-refractivity contribution in [3.63, 3.8) is 0 Å². The Labute approximate surface area is 362 Å². The standard InChI is InChI=1S/C55H53F3N4/c1-51(2,3)34-13-17-40-41-18-14-35(52(4,5)6)27-47(41)61(46(40)26-34)45-22-21-39(33-23-32(30-59)24-38(25-33)55(56,57)58)50(44(45)31-60)62-48-28-36(53(7,8)9)15-19-42(48)43-20-16-37(29-49(43)62)54(10,11)12/h13-29H,1-12H3. The summed E-state index contributed by atoms with van der Waals surface area (Å²) in [5.74, 6) is 0. The van der Waals surface area contributed by atoms with E-state index in [1.165, 1.54) is 6.07 Å².